The van der Waals surface area contributed by atoms with E-state index in [1.807, 2.05) is 60.7 Å². The average Bonchev–Trinajstić information content (AvgIpc) is 3.31. The summed E-state index contributed by atoms with van der Waals surface area (Å²) >= 11 is 0. The van der Waals surface area contributed by atoms with E-state index in [2.05, 4.69) is 10.2 Å². The van der Waals surface area contributed by atoms with Gasteiger partial charge in [-0.1, -0.05) is 54.6 Å². The van der Waals surface area contributed by atoms with Crippen molar-refractivity contribution in [3.05, 3.63) is 84.2 Å². The van der Waals surface area contributed by atoms with E-state index in [0.29, 0.717) is 0 Å². The maximum absolute atomic E-state index is 11.9. The van der Waals surface area contributed by atoms with Gasteiger partial charge < -0.3 is 10.8 Å². The zero-order chi connectivity index (χ0) is 17.4. The van der Waals surface area contributed by atoms with Crippen molar-refractivity contribution < 1.29 is 9.90 Å². The molecule has 1 saturated carbocycles. The molecule has 0 saturated heterocycles. The molecule has 3 aromatic rings. The SMILES string of the molecule is NC(=O)C1(O)C(c2ccccc2)C1c1ccc(-c2ccnnc2)cc1. The Kier molecular flexibility index (Phi) is 3.58. The highest BCUT2D eigenvalue weighted by Crippen LogP contribution is 2.63. The molecule has 0 spiro atoms. The van der Waals surface area contributed by atoms with Crippen LogP contribution in [0.1, 0.15) is 23.0 Å². The fraction of sp³-hybridized carbons (Fsp3) is 0.150. The van der Waals surface area contributed by atoms with Crippen LogP contribution in [0.15, 0.2) is 73.1 Å². The van der Waals surface area contributed by atoms with Crippen molar-refractivity contribution in [3.8, 4) is 11.1 Å². The van der Waals surface area contributed by atoms with Crippen LogP contribution in [-0.4, -0.2) is 26.8 Å². The number of aromatic nitrogens is 2. The predicted octanol–water partition coefficient (Wildman–Crippen LogP) is 2.24. The quantitative estimate of drug-likeness (QED) is 0.767. The molecule has 1 amide bonds. The van der Waals surface area contributed by atoms with Crippen molar-refractivity contribution in [2.24, 2.45) is 5.73 Å². The van der Waals surface area contributed by atoms with Crippen LogP contribution in [0.4, 0.5) is 0 Å². The molecule has 1 aliphatic rings. The molecule has 0 aliphatic heterocycles. The third-order valence-corrected chi connectivity index (χ3v) is 4.91. The third kappa shape index (κ3) is 2.49. The Bertz CT molecular complexity index is 897. The first kappa shape index (κ1) is 15.5. The molecule has 1 fully saturated rings. The smallest absolute Gasteiger partial charge is 0.250 e. The number of hydrogen-bond donors (Lipinski definition) is 2. The lowest BCUT2D eigenvalue weighted by Crippen LogP contribution is -2.33. The van der Waals surface area contributed by atoms with Gasteiger partial charge in [0.15, 0.2) is 5.60 Å². The van der Waals surface area contributed by atoms with Gasteiger partial charge in [-0.05, 0) is 22.8 Å². The summed E-state index contributed by atoms with van der Waals surface area (Å²) in [6.07, 6.45) is 3.33. The van der Waals surface area contributed by atoms with Crippen molar-refractivity contribution in [2.75, 3.05) is 0 Å². The number of aliphatic hydroxyl groups is 1. The van der Waals surface area contributed by atoms with Gasteiger partial charge in [-0.3, -0.25) is 4.79 Å². The van der Waals surface area contributed by atoms with Gasteiger partial charge in [0.1, 0.15) is 0 Å². The van der Waals surface area contributed by atoms with E-state index < -0.39 is 11.5 Å². The fourth-order valence-electron chi connectivity index (χ4n) is 3.58. The Hall–Kier alpha value is -3.05. The van der Waals surface area contributed by atoms with Crippen LogP contribution in [0, 0.1) is 0 Å². The summed E-state index contributed by atoms with van der Waals surface area (Å²) in [5.74, 6) is -1.34. The molecule has 124 valence electrons. The highest BCUT2D eigenvalue weighted by molar-refractivity contribution is 5.91. The maximum atomic E-state index is 11.9. The van der Waals surface area contributed by atoms with Crippen LogP contribution >= 0.6 is 0 Å². The van der Waals surface area contributed by atoms with Crippen LogP contribution in [0.5, 0.6) is 0 Å². The maximum Gasteiger partial charge on any atom is 0.250 e. The normalized spacial score (nSPS) is 24.7. The number of benzene rings is 2. The number of nitrogens with zero attached hydrogens (tertiary/aromatic N) is 2. The van der Waals surface area contributed by atoms with E-state index in [9.17, 15) is 9.90 Å². The molecule has 5 heteroatoms. The Labute approximate surface area is 145 Å². The number of rotatable bonds is 4. The van der Waals surface area contributed by atoms with Crippen LogP contribution in [-0.2, 0) is 4.79 Å². The van der Waals surface area contributed by atoms with Crippen molar-refractivity contribution in [2.45, 2.75) is 17.4 Å². The van der Waals surface area contributed by atoms with Crippen LogP contribution in [0.2, 0.25) is 0 Å². The lowest BCUT2D eigenvalue weighted by atomic mass is 10.0. The fourth-order valence-corrected chi connectivity index (χ4v) is 3.58. The molecule has 25 heavy (non-hydrogen) atoms. The van der Waals surface area contributed by atoms with Gasteiger partial charge in [-0.2, -0.15) is 10.2 Å². The molecule has 4 rings (SSSR count). The van der Waals surface area contributed by atoms with Crippen molar-refractivity contribution in [3.63, 3.8) is 0 Å². The van der Waals surface area contributed by atoms with Gasteiger partial charge in [0.05, 0.1) is 12.4 Å². The minimum Gasteiger partial charge on any atom is -0.379 e. The largest absolute Gasteiger partial charge is 0.379 e. The molecule has 0 bridgehead atoms. The second-order valence-corrected chi connectivity index (χ2v) is 6.31. The minimum absolute atomic E-state index is 0.320. The zero-order valence-corrected chi connectivity index (χ0v) is 13.4. The van der Waals surface area contributed by atoms with Crippen LogP contribution < -0.4 is 5.73 Å². The molecule has 3 unspecified atom stereocenters. The second kappa shape index (κ2) is 5.79. The summed E-state index contributed by atoms with van der Waals surface area (Å²) in [6.45, 7) is 0. The van der Waals surface area contributed by atoms with E-state index >= 15 is 0 Å². The number of carbonyl (C=O) groups excluding carboxylic acids is 1. The topological polar surface area (TPSA) is 89.1 Å². The Morgan fingerprint density at radius 1 is 0.880 bits per heavy atom. The number of carbonyl (C=O) groups is 1. The Balaban J connectivity index is 1.68. The summed E-state index contributed by atoms with van der Waals surface area (Å²) < 4.78 is 0. The lowest BCUT2D eigenvalue weighted by Gasteiger charge is -2.06. The Morgan fingerprint density at radius 3 is 2.08 bits per heavy atom. The summed E-state index contributed by atoms with van der Waals surface area (Å²) in [5, 5.41) is 18.5. The number of amides is 1. The van der Waals surface area contributed by atoms with Gasteiger partial charge >= 0.3 is 0 Å². The molecule has 1 heterocycles. The zero-order valence-electron chi connectivity index (χ0n) is 13.4. The molecule has 2 aromatic carbocycles. The molecular formula is C20H17N3O2. The Morgan fingerprint density at radius 2 is 1.52 bits per heavy atom. The average molecular weight is 331 g/mol. The molecular weight excluding hydrogens is 314 g/mol. The van der Waals surface area contributed by atoms with Crippen LogP contribution in [0.3, 0.4) is 0 Å². The first-order chi connectivity index (χ1) is 12.1. The molecule has 3 N–H and O–H groups in total. The number of nitrogens with two attached hydrogens (primary N) is 1. The molecule has 1 aromatic heterocycles. The van der Waals surface area contributed by atoms with Gasteiger partial charge in [0, 0.05) is 17.4 Å². The lowest BCUT2D eigenvalue weighted by molar-refractivity contribution is -0.128. The standard InChI is InChI=1S/C20H17N3O2/c21-19(24)20(25)17(14-4-2-1-3-5-14)18(20)15-8-6-13(7-9-15)16-10-11-22-23-12-16/h1-12,17-18,25H,(H2,21,24). The van der Waals surface area contributed by atoms with Crippen LogP contribution in [0.25, 0.3) is 11.1 Å². The van der Waals surface area contributed by atoms with Gasteiger partial charge in [-0.25, -0.2) is 0 Å². The predicted molar refractivity (Wildman–Crippen MR) is 93.5 cm³/mol. The monoisotopic (exact) mass is 331 g/mol. The van der Waals surface area contributed by atoms with E-state index in [4.69, 9.17) is 5.73 Å². The highest BCUT2D eigenvalue weighted by Gasteiger charge is 2.69. The summed E-state index contributed by atoms with van der Waals surface area (Å²) in [7, 11) is 0. The van der Waals surface area contributed by atoms with E-state index in [-0.39, 0.29) is 11.8 Å². The minimum atomic E-state index is -1.54. The summed E-state index contributed by atoms with van der Waals surface area (Å²) in [5.41, 5.74) is 7.73. The van der Waals surface area contributed by atoms with Gasteiger partial charge in [0.2, 0.25) is 0 Å². The van der Waals surface area contributed by atoms with Crippen molar-refractivity contribution in [1.82, 2.24) is 10.2 Å². The molecule has 1 aliphatic carbocycles. The molecule has 0 radical (unpaired) electrons. The first-order valence-electron chi connectivity index (χ1n) is 8.06. The summed E-state index contributed by atoms with van der Waals surface area (Å²) in [4.78, 5) is 11.9. The van der Waals surface area contributed by atoms with E-state index in [1.165, 1.54) is 0 Å². The molecule has 3 atom stereocenters. The second-order valence-electron chi connectivity index (χ2n) is 6.31. The van der Waals surface area contributed by atoms with E-state index in [0.717, 1.165) is 22.3 Å². The third-order valence-electron chi connectivity index (χ3n) is 4.91. The number of hydrogen-bond acceptors (Lipinski definition) is 4. The van der Waals surface area contributed by atoms with Gasteiger partial charge in [0.25, 0.3) is 5.91 Å². The molecule has 5 nitrogen and oxygen atoms in total. The van der Waals surface area contributed by atoms with Crippen molar-refractivity contribution >= 4 is 5.91 Å². The van der Waals surface area contributed by atoms with Gasteiger partial charge in [-0.15, -0.1) is 0 Å². The highest BCUT2D eigenvalue weighted by atomic mass is 16.3. The first-order valence-corrected chi connectivity index (χ1v) is 8.06. The summed E-state index contributed by atoms with van der Waals surface area (Å²) in [6, 6.07) is 19.2. The van der Waals surface area contributed by atoms with E-state index in [1.54, 1.807) is 12.4 Å². The van der Waals surface area contributed by atoms with Crippen molar-refractivity contribution in [1.29, 1.82) is 0 Å². The number of primary amides is 1.